The van der Waals surface area contributed by atoms with Crippen molar-refractivity contribution in [3.8, 4) is 0 Å². The normalized spacial score (nSPS) is 23.3. The van der Waals surface area contributed by atoms with Crippen molar-refractivity contribution in [1.29, 1.82) is 0 Å². The van der Waals surface area contributed by atoms with Crippen LogP contribution in [0, 0.1) is 5.92 Å². The van der Waals surface area contributed by atoms with Gasteiger partial charge in [0.15, 0.2) is 12.6 Å². The van der Waals surface area contributed by atoms with E-state index in [1.165, 1.54) is 122 Å². The van der Waals surface area contributed by atoms with E-state index < -0.39 is 6.29 Å². The van der Waals surface area contributed by atoms with E-state index in [1.54, 1.807) is 0 Å². The van der Waals surface area contributed by atoms with Crippen LogP contribution in [0.25, 0.3) is 0 Å². The summed E-state index contributed by atoms with van der Waals surface area (Å²) in [7, 11) is 0. The van der Waals surface area contributed by atoms with Gasteiger partial charge in [-0.1, -0.05) is 143 Å². The van der Waals surface area contributed by atoms with Gasteiger partial charge in [0, 0.05) is 5.92 Å². The van der Waals surface area contributed by atoms with Crippen molar-refractivity contribution < 1.29 is 14.6 Å². The highest BCUT2D eigenvalue weighted by Gasteiger charge is 2.37. The first kappa shape index (κ1) is 30.9. The first-order valence-corrected chi connectivity index (χ1v) is 15.2. The molecule has 0 aromatic heterocycles. The second-order valence-corrected chi connectivity index (χ2v) is 10.7. The smallest absolute Gasteiger partial charge is 0.162 e. The molecule has 0 bridgehead atoms. The molecule has 1 fully saturated rings. The van der Waals surface area contributed by atoms with Gasteiger partial charge < -0.3 is 14.6 Å². The van der Waals surface area contributed by atoms with E-state index >= 15 is 0 Å². The Morgan fingerprint density at radius 3 is 1.33 bits per heavy atom. The minimum Gasteiger partial charge on any atom is -0.368 e. The molecule has 0 aliphatic carbocycles. The number of rotatable bonds is 23. The maximum Gasteiger partial charge on any atom is 0.162 e. The average Bonchev–Trinajstić information content (AvgIpc) is 2.81. The maximum atomic E-state index is 10.8. The number of aliphatic hydroxyl groups excluding tert-OH is 1. The summed E-state index contributed by atoms with van der Waals surface area (Å²) in [6.07, 6.45) is 28.6. The molecular formula is C30H60O3. The molecule has 1 heterocycles. The van der Waals surface area contributed by atoms with E-state index in [0.29, 0.717) is 0 Å². The third-order valence-corrected chi connectivity index (χ3v) is 7.49. The molecule has 33 heavy (non-hydrogen) atoms. The Bertz CT molecular complexity index is 400. The fourth-order valence-corrected chi connectivity index (χ4v) is 5.25. The number of aliphatic hydroxyl groups is 1. The van der Waals surface area contributed by atoms with Gasteiger partial charge in [-0.15, -0.1) is 0 Å². The quantitative estimate of drug-likeness (QED) is 0.152. The standard InChI is InChI=1S/C30H60O3/c1-4-7-10-13-16-19-22-25-28-27(24-21-18-15-12-9-6-3)30(31)33-29(32-28)26-23-20-17-14-11-8-5-2/h27-31H,4-26H2,1-3H3. The van der Waals surface area contributed by atoms with Gasteiger partial charge in [0.05, 0.1) is 6.10 Å². The minimum atomic E-state index is -0.640. The molecule has 0 aromatic rings. The zero-order valence-corrected chi connectivity index (χ0v) is 22.8. The Morgan fingerprint density at radius 2 is 0.848 bits per heavy atom. The summed E-state index contributed by atoms with van der Waals surface area (Å²) in [5.74, 6) is 0.154. The minimum absolute atomic E-state index is 0.154. The molecule has 0 radical (unpaired) electrons. The van der Waals surface area contributed by atoms with E-state index in [-0.39, 0.29) is 18.3 Å². The first-order chi connectivity index (χ1) is 16.2. The molecule has 3 nitrogen and oxygen atoms in total. The van der Waals surface area contributed by atoms with Crippen LogP contribution in [0.5, 0.6) is 0 Å². The van der Waals surface area contributed by atoms with Crippen LogP contribution >= 0.6 is 0 Å². The van der Waals surface area contributed by atoms with Gasteiger partial charge in [-0.25, -0.2) is 0 Å². The third kappa shape index (κ3) is 16.2. The largest absolute Gasteiger partial charge is 0.368 e. The highest BCUT2D eigenvalue weighted by Crippen LogP contribution is 2.33. The van der Waals surface area contributed by atoms with Crippen molar-refractivity contribution in [2.75, 3.05) is 0 Å². The molecule has 198 valence electrons. The second kappa shape index (κ2) is 22.4. The predicted octanol–water partition coefficient (Wildman–Crippen LogP) is 9.69. The van der Waals surface area contributed by atoms with E-state index in [4.69, 9.17) is 9.47 Å². The SMILES string of the molecule is CCCCCCCCCC1OC(O)C(CCCCCCCC)C(CCCCCCCCC)O1. The number of hydrogen-bond donors (Lipinski definition) is 1. The lowest BCUT2D eigenvalue weighted by Gasteiger charge is -2.40. The van der Waals surface area contributed by atoms with Crippen molar-refractivity contribution in [2.24, 2.45) is 5.92 Å². The fraction of sp³-hybridized carbons (Fsp3) is 1.00. The van der Waals surface area contributed by atoms with Crippen LogP contribution in [-0.4, -0.2) is 23.8 Å². The van der Waals surface area contributed by atoms with Gasteiger partial charge in [0.25, 0.3) is 0 Å². The van der Waals surface area contributed by atoms with Crippen LogP contribution in [-0.2, 0) is 9.47 Å². The van der Waals surface area contributed by atoms with Crippen molar-refractivity contribution in [2.45, 2.75) is 187 Å². The molecular weight excluding hydrogens is 408 g/mol. The summed E-state index contributed by atoms with van der Waals surface area (Å²) >= 11 is 0. The number of unbranched alkanes of at least 4 members (excludes halogenated alkanes) is 17. The van der Waals surface area contributed by atoms with Gasteiger partial charge in [-0.3, -0.25) is 0 Å². The van der Waals surface area contributed by atoms with E-state index in [2.05, 4.69) is 20.8 Å². The summed E-state index contributed by atoms with van der Waals surface area (Å²) in [5, 5.41) is 10.8. The molecule has 0 aromatic carbocycles. The lowest BCUT2D eigenvalue weighted by atomic mass is 9.89. The van der Waals surface area contributed by atoms with E-state index in [0.717, 1.165) is 25.7 Å². The van der Waals surface area contributed by atoms with E-state index in [1.807, 2.05) is 0 Å². The van der Waals surface area contributed by atoms with Gasteiger partial charge in [-0.05, 0) is 25.7 Å². The van der Waals surface area contributed by atoms with Crippen molar-refractivity contribution in [3.63, 3.8) is 0 Å². The molecule has 1 N–H and O–H groups in total. The Morgan fingerprint density at radius 1 is 0.455 bits per heavy atom. The lowest BCUT2D eigenvalue weighted by Crippen LogP contribution is -2.46. The predicted molar refractivity (Wildman–Crippen MR) is 142 cm³/mol. The molecule has 0 spiro atoms. The van der Waals surface area contributed by atoms with Gasteiger partial charge >= 0.3 is 0 Å². The fourth-order valence-electron chi connectivity index (χ4n) is 5.25. The summed E-state index contributed by atoms with van der Waals surface area (Å²) in [4.78, 5) is 0. The highest BCUT2D eigenvalue weighted by molar-refractivity contribution is 4.78. The monoisotopic (exact) mass is 468 g/mol. The number of ether oxygens (including phenoxy) is 2. The van der Waals surface area contributed by atoms with Crippen molar-refractivity contribution >= 4 is 0 Å². The topological polar surface area (TPSA) is 38.7 Å². The molecule has 1 saturated heterocycles. The summed E-state index contributed by atoms with van der Waals surface area (Å²) in [5.41, 5.74) is 0. The molecule has 3 heteroatoms. The van der Waals surface area contributed by atoms with Gasteiger partial charge in [-0.2, -0.15) is 0 Å². The van der Waals surface area contributed by atoms with Crippen LogP contribution in [0.4, 0.5) is 0 Å². The summed E-state index contributed by atoms with van der Waals surface area (Å²) in [6, 6.07) is 0. The van der Waals surface area contributed by atoms with Crippen LogP contribution in [0.15, 0.2) is 0 Å². The Balaban J connectivity index is 2.38. The van der Waals surface area contributed by atoms with Crippen LogP contribution in [0.1, 0.15) is 168 Å². The van der Waals surface area contributed by atoms with Crippen molar-refractivity contribution in [1.82, 2.24) is 0 Å². The van der Waals surface area contributed by atoms with Gasteiger partial charge in [0.1, 0.15) is 0 Å². The molecule has 0 saturated carbocycles. The van der Waals surface area contributed by atoms with Crippen LogP contribution in [0.3, 0.4) is 0 Å². The maximum absolute atomic E-state index is 10.8. The first-order valence-electron chi connectivity index (χ1n) is 15.2. The Kier molecular flexibility index (Phi) is 20.9. The summed E-state index contributed by atoms with van der Waals surface area (Å²) in [6.45, 7) is 6.82. The molecule has 4 atom stereocenters. The average molecular weight is 469 g/mol. The summed E-state index contributed by atoms with van der Waals surface area (Å²) < 4.78 is 12.4. The van der Waals surface area contributed by atoms with Crippen molar-refractivity contribution in [3.05, 3.63) is 0 Å². The van der Waals surface area contributed by atoms with Crippen LogP contribution < -0.4 is 0 Å². The zero-order chi connectivity index (χ0) is 24.0. The van der Waals surface area contributed by atoms with E-state index in [9.17, 15) is 5.11 Å². The Hall–Kier alpha value is -0.120. The molecule has 1 aliphatic rings. The molecule has 1 aliphatic heterocycles. The zero-order valence-electron chi connectivity index (χ0n) is 22.8. The second-order valence-electron chi connectivity index (χ2n) is 10.7. The van der Waals surface area contributed by atoms with Crippen LogP contribution in [0.2, 0.25) is 0 Å². The highest BCUT2D eigenvalue weighted by atomic mass is 16.7. The molecule has 1 rings (SSSR count). The molecule has 4 unspecified atom stereocenters. The van der Waals surface area contributed by atoms with Gasteiger partial charge in [0.2, 0.25) is 0 Å². The lowest BCUT2D eigenvalue weighted by molar-refractivity contribution is -0.324. The number of hydrogen-bond acceptors (Lipinski definition) is 3. The Labute approximate surface area is 207 Å². The molecule has 0 amide bonds. The third-order valence-electron chi connectivity index (χ3n) is 7.49.